The number of nitrogens with zero attached hydrogens (tertiary/aromatic N) is 2. The summed E-state index contributed by atoms with van der Waals surface area (Å²) < 4.78 is 13.2. The highest BCUT2D eigenvalue weighted by Gasteiger charge is 2.36. The van der Waals surface area contributed by atoms with Gasteiger partial charge in [0.05, 0.1) is 5.56 Å². The van der Waals surface area contributed by atoms with E-state index >= 15 is 0 Å². The van der Waals surface area contributed by atoms with Gasteiger partial charge in [0.25, 0.3) is 0 Å². The fraction of sp³-hybridized carbons (Fsp3) is 0.389. The summed E-state index contributed by atoms with van der Waals surface area (Å²) in [5.41, 5.74) is 1.38. The van der Waals surface area contributed by atoms with Crippen LogP contribution in [0.2, 0.25) is 0 Å². The third kappa shape index (κ3) is 3.29. The largest absolute Gasteiger partial charge is 0.388 e. The maximum Gasteiger partial charge on any atom is 0.191 e. The zero-order chi connectivity index (χ0) is 16.3. The summed E-state index contributed by atoms with van der Waals surface area (Å²) in [4.78, 5) is 20.0. The Kier molecular flexibility index (Phi) is 4.48. The average molecular weight is 314 g/mol. The Morgan fingerprint density at radius 3 is 2.30 bits per heavy atom. The Morgan fingerprint density at radius 2 is 1.74 bits per heavy atom. The fourth-order valence-corrected chi connectivity index (χ4v) is 3.41. The van der Waals surface area contributed by atoms with Gasteiger partial charge >= 0.3 is 0 Å². The number of rotatable bonds is 5. The van der Waals surface area contributed by atoms with Crippen molar-refractivity contribution in [1.29, 1.82) is 0 Å². The van der Waals surface area contributed by atoms with Crippen LogP contribution in [0.25, 0.3) is 0 Å². The van der Waals surface area contributed by atoms with Crippen LogP contribution in [0.4, 0.5) is 4.39 Å². The first-order valence-corrected chi connectivity index (χ1v) is 7.84. The number of hydrogen-bond acceptors (Lipinski definition) is 4. The van der Waals surface area contributed by atoms with Crippen LogP contribution in [0.15, 0.2) is 36.7 Å². The zero-order valence-corrected chi connectivity index (χ0v) is 12.8. The Hall–Kier alpha value is -2.14. The van der Waals surface area contributed by atoms with Gasteiger partial charge in [0.1, 0.15) is 18.2 Å². The molecule has 1 aromatic heterocycles. The van der Waals surface area contributed by atoms with Crippen molar-refractivity contribution in [3.8, 4) is 0 Å². The number of carbonyl (C=O) groups excluding carboxylic acids is 1. The number of Topliss-reactive ketones (excluding diaryl/α,β-unsaturated/α-hetero) is 1. The molecule has 3 rings (SSSR count). The van der Waals surface area contributed by atoms with Gasteiger partial charge in [0.15, 0.2) is 5.78 Å². The van der Waals surface area contributed by atoms with Crippen molar-refractivity contribution in [3.05, 3.63) is 59.4 Å². The Bertz CT molecular complexity index is 677. The van der Waals surface area contributed by atoms with Gasteiger partial charge in [0, 0.05) is 24.2 Å². The Balaban J connectivity index is 1.85. The molecule has 0 amide bonds. The van der Waals surface area contributed by atoms with Crippen molar-refractivity contribution >= 4 is 5.78 Å². The monoisotopic (exact) mass is 314 g/mol. The molecule has 1 saturated carbocycles. The predicted octanol–water partition coefficient (Wildman–Crippen LogP) is 2.85. The van der Waals surface area contributed by atoms with Gasteiger partial charge in [-0.05, 0) is 30.5 Å². The van der Waals surface area contributed by atoms with Crippen molar-refractivity contribution in [2.24, 2.45) is 0 Å². The number of ketones is 1. The SMILES string of the molecule is O=C(CO)c1cnc(CC2(c3ccc(F)cc3)CCCC2)nc1. The minimum absolute atomic E-state index is 0.0593. The summed E-state index contributed by atoms with van der Waals surface area (Å²) in [5, 5.41) is 8.86. The van der Waals surface area contributed by atoms with E-state index < -0.39 is 6.61 Å². The molecule has 5 heteroatoms. The van der Waals surface area contributed by atoms with Crippen LogP contribution < -0.4 is 0 Å². The maximum absolute atomic E-state index is 13.2. The minimum atomic E-state index is -0.539. The summed E-state index contributed by atoms with van der Waals surface area (Å²) >= 11 is 0. The summed E-state index contributed by atoms with van der Waals surface area (Å²) in [7, 11) is 0. The predicted molar refractivity (Wildman–Crippen MR) is 83.7 cm³/mol. The molecule has 4 nitrogen and oxygen atoms in total. The lowest BCUT2D eigenvalue weighted by atomic mass is 9.76. The van der Waals surface area contributed by atoms with Crippen LogP contribution in [0.5, 0.6) is 0 Å². The van der Waals surface area contributed by atoms with Crippen molar-refractivity contribution in [2.45, 2.75) is 37.5 Å². The summed E-state index contributed by atoms with van der Waals surface area (Å²) in [5.74, 6) is 0.0568. The lowest BCUT2D eigenvalue weighted by Gasteiger charge is -2.29. The van der Waals surface area contributed by atoms with Crippen molar-refractivity contribution in [3.63, 3.8) is 0 Å². The zero-order valence-electron chi connectivity index (χ0n) is 12.8. The number of aromatic nitrogens is 2. The van der Waals surface area contributed by atoms with Gasteiger partial charge < -0.3 is 5.11 Å². The highest BCUT2D eigenvalue weighted by Crippen LogP contribution is 2.43. The Morgan fingerprint density at radius 1 is 1.13 bits per heavy atom. The topological polar surface area (TPSA) is 63.1 Å². The first kappa shape index (κ1) is 15.7. The molecule has 1 aliphatic carbocycles. The maximum atomic E-state index is 13.2. The van der Waals surface area contributed by atoms with Gasteiger partial charge in [0.2, 0.25) is 0 Å². The number of benzene rings is 1. The molecule has 0 saturated heterocycles. The fourth-order valence-electron chi connectivity index (χ4n) is 3.41. The van der Waals surface area contributed by atoms with Gasteiger partial charge in [-0.15, -0.1) is 0 Å². The number of hydrogen-bond donors (Lipinski definition) is 1. The van der Waals surface area contributed by atoms with E-state index in [1.165, 1.54) is 24.5 Å². The number of aliphatic hydroxyl groups excluding tert-OH is 1. The molecule has 120 valence electrons. The third-order valence-corrected chi connectivity index (χ3v) is 4.68. The van der Waals surface area contributed by atoms with Crippen LogP contribution in [0.1, 0.15) is 47.4 Å². The van der Waals surface area contributed by atoms with Gasteiger partial charge in [-0.2, -0.15) is 0 Å². The van der Waals surface area contributed by atoms with Crippen molar-refractivity contribution < 1.29 is 14.3 Å². The first-order chi connectivity index (χ1) is 11.1. The molecule has 0 atom stereocenters. The molecular weight excluding hydrogens is 295 g/mol. The van der Waals surface area contributed by atoms with Crippen molar-refractivity contribution in [2.75, 3.05) is 6.61 Å². The second-order valence-electron chi connectivity index (χ2n) is 6.14. The summed E-state index contributed by atoms with van der Waals surface area (Å²) in [6.07, 6.45) is 7.93. The molecule has 1 N–H and O–H groups in total. The summed E-state index contributed by atoms with van der Waals surface area (Å²) in [6.45, 7) is -0.539. The lowest BCUT2D eigenvalue weighted by Crippen LogP contribution is -2.26. The average Bonchev–Trinajstić information content (AvgIpc) is 3.05. The van der Waals surface area contributed by atoms with E-state index in [0.29, 0.717) is 17.8 Å². The molecule has 0 spiro atoms. The molecule has 1 aromatic carbocycles. The van der Waals surface area contributed by atoms with Crippen LogP contribution in [0.3, 0.4) is 0 Å². The number of carbonyl (C=O) groups is 1. The van der Waals surface area contributed by atoms with E-state index in [0.717, 1.165) is 31.2 Å². The molecule has 1 fully saturated rings. The van der Waals surface area contributed by atoms with Gasteiger partial charge in [-0.1, -0.05) is 25.0 Å². The number of halogens is 1. The van der Waals surface area contributed by atoms with Gasteiger partial charge in [-0.25, -0.2) is 14.4 Å². The van der Waals surface area contributed by atoms with Crippen molar-refractivity contribution in [1.82, 2.24) is 9.97 Å². The molecule has 1 heterocycles. The standard InChI is InChI=1S/C18H19FN2O2/c19-15-5-3-14(4-6-15)18(7-1-2-8-18)9-17-20-10-13(11-21-17)16(23)12-22/h3-6,10-11,22H,1-2,7-9,12H2. The second-order valence-corrected chi connectivity index (χ2v) is 6.14. The smallest absolute Gasteiger partial charge is 0.191 e. The van der Waals surface area contributed by atoms with Crippen LogP contribution in [0, 0.1) is 5.82 Å². The van der Waals surface area contributed by atoms with Crippen LogP contribution >= 0.6 is 0 Å². The quantitative estimate of drug-likeness (QED) is 0.862. The van der Waals surface area contributed by atoms with E-state index in [9.17, 15) is 9.18 Å². The van der Waals surface area contributed by atoms with E-state index in [1.54, 1.807) is 0 Å². The van der Waals surface area contributed by atoms with E-state index in [2.05, 4.69) is 9.97 Å². The highest BCUT2D eigenvalue weighted by molar-refractivity contribution is 5.96. The summed E-state index contributed by atoms with van der Waals surface area (Å²) in [6, 6.07) is 6.70. The molecule has 0 unspecified atom stereocenters. The molecule has 1 aliphatic rings. The normalized spacial score (nSPS) is 16.4. The lowest BCUT2D eigenvalue weighted by molar-refractivity contribution is 0.0903. The second kappa shape index (κ2) is 6.54. The molecule has 0 aliphatic heterocycles. The third-order valence-electron chi connectivity index (χ3n) is 4.68. The van der Waals surface area contributed by atoms with E-state index in [-0.39, 0.29) is 17.0 Å². The highest BCUT2D eigenvalue weighted by atomic mass is 19.1. The molecular formula is C18H19FN2O2. The minimum Gasteiger partial charge on any atom is -0.388 e. The van der Waals surface area contributed by atoms with Crippen LogP contribution in [-0.2, 0) is 11.8 Å². The first-order valence-electron chi connectivity index (χ1n) is 7.84. The molecule has 0 radical (unpaired) electrons. The van der Waals surface area contributed by atoms with E-state index in [4.69, 9.17) is 5.11 Å². The molecule has 23 heavy (non-hydrogen) atoms. The Labute approximate surface area is 134 Å². The molecule has 2 aromatic rings. The van der Waals surface area contributed by atoms with E-state index in [1.807, 2.05) is 12.1 Å². The molecule has 0 bridgehead atoms. The number of aliphatic hydroxyl groups is 1. The van der Waals surface area contributed by atoms with Crippen LogP contribution in [-0.4, -0.2) is 27.5 Å². The van der Waals surface area contributed by atoms with Gasteiger partial charge in [-0.3, -0.25) is 4.79 Å².